The third-order valence-corrected chi connectivity index (χ3v) is 18.4. The molecule has 2 fully saturated rings. The Bertz CT molecular complexity index is 4060. The normalized spacial score (nSPS) is 16.3. The van der Waals surface area contributed by atoms with Gasteiger partial charge in [0.25, 0.3) is 42.6 Å². The first-order valence-corrected chi connectivity index (χ1v) is 35.4. The van der Waals surface area contributed by atoms with E-state index in [9.17, 15) is 108 Å². The van der Waals surface area contributed by atoms with Crippen molar-refractivity contribution in [3.05, 3.63) is 199 Å². The summed E-state index contributed by atoms with van der Waals surface area (Å²) in [6.45, 7) is 31.7. The van der Waals surface area contributed by atoms with E-state index in [0.29, 0.717) is 48.1 Å². The predicted molar refractivity (Wildman–Crippen MR) is 379 cm³/mol. The Labute approximate surface area is 630 Å². The third-order valence-electron chi connectivity index (χ3n) is 17.2. The lowest BCUT2D eigenvalue weighted by Crippen LogP contribution is -2.48. The van der Waals surface area contributed by atoms with Crippen molar-refractivity contribution in [3.8, 4) is 5.75 Å². The lowest BCUT2D eigenvalue weighted by molar-refractivity contribution is -0.275. The molecule has 610 valence electrons. The number of halogens is 15. The number of carbonyl (C=O) groups is 6. The van der Waals surface area contributed by atoms with Crippen LogP contribution >= 0.6 is 0 Å². The minimum atomic E-state index is -5.49. The van der Waals surface area contributed by atoms with Gasteiger partial charge in [0, 0.05) is 20.8 Å². The molecule has 2 aliphatic carbocycles. The molecule has 31 heteroatoms. The van der Waals surface area contributed by atoms with Gasteiger partial charge in [0.1, 0.15) is 15.9 Å². The minimum absolute atomic E-state index is 0.000538. The van der Waals surface area contributed by atoms with Crippen LogP contribution in [0.1, 0.15) is 197 Å². The van der Waals surface area contributed by atoms with Gasteiger partial charge in [-0.3, -0.25) is 14.4 Å². The van der Waals surface area contributed by atoms with E-state index in [1.807, 2.05) is 6.92 Å². The van der Waals surface area contributed by atoms with E-state index in [2.05, 4.69) is 157 Å². The van der Waals surface area contributed by atoms with Crippen molar-refractivity contribution >= 4 is 46.4 Å². The van der Waals surface area contributed by atoms with Crippen molar-refractivity contribution < 1.29 is 137 Å². The molecule has 15 nitrogen and oxygen atoms in total. The fourth-order valence-corrected chi connectivity index (χ4v) is 12.8. The lowest BCUT2D eigenvalue weighted by Gasteiger charge is -2.30. The molecule has 7 unspecified atom stereocenters. The summed E-state index contributed by atoms with van der Waals surface area (Å²) in [5.74, 6) is -22.0. The zero-order valence-corrected chi connectivity index (χ0v) is 64.5. The molecule has 2 bridgehead atoms. The number of benzene rings is 6. The number of ether oxygens (including phenoxy) is 4. The molecule has 110 heavy (non-hydrogen) atoms. The molecular weight excluding hydrogens is 1510 g/mol. The van der Waals surface area contributed by atoms with Crippen LogP contribution in [-0.4, -0.2) is 114 Å². The summed E-state index contributed by atoms with van der Waals surface area (Å²) in [6, 6.07) is 31.5. The van der Waals surface area contributed by atoms with E-state index in [1.54, 1.807) is 26.0 Å². The van der Waals surface area contributed by atoms with E-state index >= 15 is 0 Å². The molecular formula is C79H92F15O15S-. The van der Waals surface area contributed by atoms with Crippen molar-refractivity contribution in [2.45, 2.75) is 221 Å². The van der Waals surface area contributed by atoms with Gasteiger partial charge >= 0.3 is 48.4 Å². The van der Waals surface area contributed by atoms with Gasteiger partial charge in [0.15, 0.2) is 0 Å². The number of fused-ring (bicyclic) bond motifs is 2. The van der Waals surface area contributed by atoms with Gasteiger partial charge in [-0.05, 0) is 192 Å². The molecule has 6 aromatic carbocycles. The fourth-order valence-electron chi connectivity index (χ4n) is 11.9. The van der Waals surface area contributed by atoms with Crippen LogP contribution in [0.5, 0.6) is 5.75 Å². The summed E-state index contributed by atoms with van der Waals surface area (Å²) in [7, 11) is -4.33. The predicted octanol–water partition coefficient (Wildman–Crippen LogP) is 20.8. The number of aryl methyl sites for hydroxylation is 8. The van der Waals surface area contributed by atoms with Crippen molar-refractivity contribution in [1.29, 1.82) is 0 Å². The zero-order valence-electron chi connectivity index (χ0n) is 63.7. The van der Waals surface area contributed by atoms with E-state index < -0.39 is 129 Å². The average molecular weight is 1600 g/mol. The number of hydrogen-bond donors (Lipinski definition) is 2. The molecule has 0 spiro atoms. The van der Waals surface area contributed by atoms with Gasteiger partial charge in [0.2, 0.25) is 0 Å². The van der Waals surface area contributed by atoms with E-state index in [-0.39, 0.29) is 43.8 Å². The van der Waals surface area contributed by atoms with Gasteiger partial charge in [-0.15, -0.1) is 0 Å². The van der Waals surface area contributed by atoms with Gasteiger partial charge in [0.05, 0.1) is 33.4 Å². The Kier molecular flexibility index (Phi) is 35.5. The highest BCUT2D eigenvalue weighted by molar-refractivity contribution is 7.85. The summed E-state index contributed by atoms with van der Waals surface area (Å²) in [6.07, 6.45) is -25.7. The topological polar surface area (TPSA) is 237 Å². The van der Waals surface area contributed by atoms with Crippen molar-refractivity contribution in [1.82, 2.24) is 0 Å². The molecule has 6 aromatic rings. The maximum atomic E-state index is 13.1. The molecule has 0 amide bonds. The number of hydrogen-bond acceptors (Lipinski definition) is 13. The Hall–Kier alpha value is -9.00. The second-order valence-corrected chi connectivity index (χ2v) is 29.2. The highest BCUT2D eigenvalue weighted by atomic mass is 32.2. The zero-order chi connectivity index (χ0) is 85.1. The summed E-state index contributed by atoms with van der Waals surface area (Å²) < 4.78 is 239. The van der Waals surface area contributed by atoms with Gasteiger partial charge in [-0.2, -0.15) is 39.5 Å². The summed E-state index contributed by atoms with van der Waals surface area (Å²) in [5.41, 5.74) is 13.0. The van der Waals surface area contributed by atoms with Crippen LogP contribution in [0.15, 0.2) is 120 Å². The maximum Gasteiger partial charge on any atom is 0.431 e. The number of rotatable bonds is 17. The SMILES string of the molecule is CC(F)(F)C(OC(=O)C1C2CCC(C2)C1C(=O)O)C(F)(F)F.CC(F)(F)C(OC(=O)c1ccc(OC=O)cc1)C(F)(F)F.CC(F)(F)C(OC(=O)c1ccccc1C(=O)O)C(F)(F)F.Cc1c(C(C)C)cc(C(C)C)cc1C(C)C.Cc1cc(C)c(S(=O)(=O)[O-])c(C)c1.Cc1ccc(C)c(C)c1.Cc1ccc(C)cc1. The van der Waals surface area contributed by atoms with Gasteiger partial charge in [-0.25, -0.2) is 49.1 Å². The van der Waals surface area contributed by atoms with Crippen LogP contribution in [0, 0.1) is 86.0 Å². The molecule has 7 atom stereocenters. The molecule has 2 saturated carbocycles. The van der Waals surface area contributed by atoms with Crippen LogP contribution in [0.3, 0.4) is 0 Å². The molecule has 0 aliphatic heterocycles. The summed E-state index contributed by atoms with van der Waals surface area (Å²) >= 11 is 0. The standard InChI is InChI=1S/C16H26.C13H15F5O4.2C12H9F5O4.C9H12O3S.C9H12.C8H10/c1-10(2)14-8-15(11(3)4)13(7)16(9-14)12(5)6;1-12(14,15)11(13(16,17)18)22-10(21)8-6-3-2-5(4-6)7(8)9(19)20;1-11(13,14)10(12(15,16)17)21-9(19)7-2-4-8(5-3-7)20-6-18;1-11(13,14)10(12(15,16)17)21-9(20)7-5-3-2-4-6(7)8(18)19;1-6-4-7(2)9(8(3)5-6)13(10,11)12;1-7-4-5-8(2)9(3)6-7;1-7-3-5-8(2)6-4-7/h8-12H,1-7H3;5-8,11H,2-4H2,1H3,(H,19,20);2-6,10H,1H3;2-5,10H,1H3,(H,18,19);4-5H,1-3H3,(H,10,11,12);4-6H,1-3H3;3-6H,1-2H3/p-1. The van der Waals surface area contributed by atoms with E-state index in [4.69, 9.17) is 10.2 Å². The Morgan fingerprint density at radius 1 is 0.473 bits per heavy atom. The first-order valence-electron chi connectivity index (χ1n) is 34.0. The third kappa shape index (κ3) is 30.3. The van der Waals surface area contributed by atoms with Crippen LogP contribution in [0.25, 0.3) is 0 Å². The van der Waals surface area contributed by atoms with Crippen LogP contribution < -0.4 is 4.74 Å². The highest BCUT2D eigenvalue weighted by Gasteiger charge is 2.61. The van der Waals surface area contributed by atoms with Crippen molar-refractivity contribution in [3.63, 3.8) is 0 Å². The van der Waals surface area contributed by atoms with Gasteiger partial charge < -0.3 is 33.7 Å². The second-order valence-electron chi connectivity index (χ2n) is 27.9. The van der Waals surface area contributed by atoms with Crippen molar-refractivity contribution in [2.24, 2.45) is 23.7 Å². The van der Waals surface area contributed by atoms with Crippen LogP contribution in [0.4, 0.5) is 65.9 Å². The molecule has 0 aromatic heterocycles. The minimum Gasteiger partial charge on any atom is -0.744 e. The molecule has 0 radical (unpaired) electrons. The average Bonchev–Trinajstić information content (AvgIpc) is 1.60. The molecule has 2 aliphatic rings. The van der Waals surface area contributed by atoms with E-state index in [1.165, 1.54) is 56.1 Å². The molecule has 2 N–H and O–H groups in total. The monoisotopic (exact) mass is 1600 g/mol. The quantitative estimate of drug-likeness (QED) is 0.0284. The highest BCUT2D eigenvalue weighted by Crippen LogP contribution is 2.53. The summed E-state index contributed by atoms with van der Waals surface area (Å²) in [5, 5.41) is 17.9. The van der Waals surface area contributed by atoms with Gasteiger partial charge in [-0.1, -0.05) is 143 Å². The number of carbonyl (C=O) groups excluding carboxylic acids is 4. The second kappa shape index (κ2) is 40.3. The lowest BCUT2D eigenvalue weighted by atomic mass is 9.79. The first-order chi connectivity index (χ1) is 50.1. The number of alkyl halides is 15. The number of esters is 3. The Balaban J connectivity index is 0.000000446. The molecule has 8 rings (SSSR count). The smallest absolute Gasteiger partial charge is 0.431 e. The molecule has 0 saturated heterocycles. The van der Waals surface area contributed by atoms with E-state index in [0.717, 1.165) is 48.0 Å². The summed E-state index contributed by atoms with van der Waals surface area (Å²) in [4.78, 5) is 66.9. The first kappa shape index (κ1) is 97.1. The Morgan fingerprint density at radius 2 is 0.855 bits per heavy atom. The Morgan fingerprint density at radius 3 is 1.20 bits per heavy atom. The van der Waals surface area contributed by atoms with Crippen LogP contribution in [-0.2, 0) is 38.7 Å². The largest absolute Gasteiger partial charge is 0.744 e. The number of aliphatic carboxylic acids is 1. The van der Waals surface area contributed by atoms with Crippen molar-refractivity contribution in [2.75, 3.05) is 0 Å². The maximum absolute atomic E-state index is 13.1. The number of aromatic carboxylic acids is 1. The number of carboxylic acid groups (broad SMARTS) is 2. The molecule has 0 heterocycles. The van der Waals surface area contributed by atoms with Crippen LogP contribution in [0.2, 0.25) is 0 Å². The fraction of sp³-hybridized carbons (Fsp3) is 0.468. The number of carboxylic acids is 2.